The summed E-state index contributed by atoms with van der Waals surface area (Å²) in [5.74, 6) is -1.02. The van der Waals surface area contributed by atoms with Crippen LogP contribution in [0.3, 0.4) is 0 Å². The molecule has 1 atom stereocenters. The molecule has 0 radical (unpaired) electrons. The number of hydrogen-bond acceptors (Lipinski definition) is 4. The summed E-state index contributed by atoms with van der Waals surface area (Å²) in [6.45, 7) is -0.0698. The average molecular weight is 624 g/mol. The Bertz CT molecular complexity index is 1610. The van der Waals surface area contributed by atoms with Crippen molar-refractivity contribution in [3.05, 3.63) is 118 Å². The van der Waals surface area contributed by atoms with Crippen LogP contribution in [0.1, 0.15) is 22.0 Å². The fraction of sp³-hybridized carbons (Fsp3) is 0.0714. The monoisotopic (exact) mass is 624 g/mol. The summed E-state index contributed by atoms with van der Waals surface area (Å²) in [7, 11) is -4.11. The Morgan fingerprint density at radius 2 is 1.49 bits per heavy atom. The Hall–Kier alpha value is -3.70. The lowest BCUT2D eigenvalue weighted by Crippen LogP contribution is -2.36. The van der Waals surface area contributed by atoms with Crippen LogP contribution >= 0.6 is 22.6 Å². The molecule has 0 aromatic heterocycles. The van der Waals surface area contributed by atoms with Crippen LogP contribution in [0.25, 0.3) is 11.1 Å². The summed E-state index contributed by atoms with van der Waals surface area (Å²) in [5.41, 5.74) is 2.95. The molecule has 0 bridgehead atoms. The van der Waals surface area contributed by atoms with Crippen LogP contribution in [-0.4, -0.2) is 36.4 Å². The summed E-state index contributed by atoms with van der Waals surface area (Å²) in [6.07, 6.45) is 0. The van der Waals surface area contributed by atoms with Gasteiger partial charge in [-0.15, -0.1) is 0 Å². The Balaban J connectivity index is 1.59. The maximum Gasteiger partial charge on any atom is 0.339 e. The van der Waals surface area contributed by atoms with E-state index in [2.05, 4.69) is 0 Å². The van der Waals surface area contributed by atoms with Gasteiger partial charge >= 0.3 is 12.0 Å². The molecule has 7 nitrogen and oxygen atoms in total. The fourth-order valence-corrected chi connectivity index (χ4v) is 7.09. The number of nitrogens with zero attached hydrogens (tertiary/aromatic N) is 2. The number of carbonyl (C=O) groups is 2. The third-order valence-electron chi connectivity index (χ3n) is 6.22. The van der Waals surface area contributed by atoms with Crippen molar-refractivity contribution in [2.45, 2.75) is 10.9 Å². The molecular weight excluding hydrogens is 603 g/mol. The molecule has 37 heavy (non-hydrogen) atoms. The van der Waals surface area contributed by atoms with E-state index in [0.717, 1.165) is 15.4 Å². The molecular formula is C28H21IN2O5S. The van der Waals surface area contributed by atoms with Gasteiger partial charge in [0.05, 0.1) is 18.2 Å². The second-order valence-electron chi connectivity index (χ2n) is 8.48. The molecule has 4 aromatic carbocycles. The van der Waals surface area contributed by atoms with Crippen LogP contribution in [0.2, 0.25) is 0 Å². The number of urea groups is 1. The van der Waals surface area contributed by atoms with Crippen molar-refractivity contribution in [2.24, 2.45) is 0 Å². The lowest BCUT2D eigenvalue weighted by Gasteiger charge is -2.24. The number of carboxylic acids is 1. The molecule has 0 spiro atoms. The van der Waals surface area contributed by atoms with Gasteiger partial charge in [-0.25, -0.2) is 22.3 Å². The van der Waals surface area contributed by atoms with Crippen molar-refractivity contribution in [3.8, 4) is 11.1 Å². The SMILES string of the molecule is O=C(O)c1cccc(-c2cccc(C3CN(S(=O)(=O)c4ccccc4I)C(=O)N3c3ccccc3)c2)c1. The van der Waals surface area contributed by atoms with Gasteiger partial charge in [0.15, 0.2) is 0 Å². The average Bonchev–Trinajstić information content (AvgIpc) is 3.27. The number of rotatable bonds is 6. The van der Waals surface area contributed by atoms with Gasteiger partial charge in [-0.1, -0.05) is 60.7 Å². The minimum Gasteiger partial charge on any atom is -0.478 e. The Kier molecular flexibility index (Phi) is 6.74. The zero-order chi connectivity index (χ0) is 26.2. The number of sulfonamides is 1. The van der Waals surface area contributed by atoms with Gasteiger partial charge in [0.1, 0.15) is 4.90 Å². The molecule has 9 heteroatoms. The third-order valence-corrected chi connectivity index (χ3v) is 9.33. The van der Waals surface area contributed by atoms with E-state index in [9.17, 15) is 23.1 Å². The van der Waals surface area contributed by atoms with Crippen molar-refractivity contribution in [1.82, 2.24) is 4.31 Å². The quantitative estimate of drug-likeness (QED) is 0.265. The number of hydrogen-bond donors (Lipinski definition) is 1. The molecule has 0 saturated carbocycles. The van der Waals surface area contributed by atoms with E-state index in [4.69, 9.17) is 0 Å². The molecule has 5 rings (SSSR count). The van der Waals surface area contributed by atoms with Crippen LogP contribution in [0, 0.1) is 3.57 Å². The molecule has 0 aliphatic carbocycles. The highest BCUT2D eigenvalue weighted by Crippen LogP contribution is 2.38. The zero-order valence-corrected chi connectivity index (χ0v) is 22.3. The Morgan fingerprint density at radius 1 is 0.838 bits per heavy atom. The highest BCUT2D eigenvalue weighted by molar-refractivity contribution is 14.1. The van der Waals surface area contributed by atoms with E-state index in [1.165, 1.54) is 17.0 Å². The van der Waals surface area contributed by atoms with Crippen molar-refractivity contribution in [3.63, 3.8) is 0 Å². The Morgan fingerprint density at radius 3 is 2.19 bits per heavy atom. The maximum atomic E-state index is 13.7. The van der Waals surface area contributed by atoms with E-state index in [0.29, 0.717) is 14.8 Å². The van der Waals surface area contributed by atoms with Gasteiger partial charge in [-0.2, -0.15) is 0 Å². The smallest absolute Gasteiger partial charge is 0.339 e. The highest BCUT2D eigenvalue weighted by atomic mass is 127. The topological polar surface area (TPSA) is 95.0 Å². The molecule has 1 saturated heterocycles. The van der Waals surface area contributed by atoms with Gasteiger partial charge in [0, 0.05) is 9.26 Å². The minimum atomic E-state index is -4.11. The van der Waals surface area contributed by atoms with Crippen LogP contribution in [0.5, 0.6) is 0 Å². The summed E-state index contributed by atoms with van der Waals surface area (Å²) >= 11 is 1.96. The van der Waals surface area contributed by atoms with Crippen LogP contribution in [-0.2, 0) is 10.0 Å². The van der Waals surface area contributed by atoms with Crippen LogP contribution in [0.4, 0.5) is 10.5 Å². The first-order valence-corrected chi connectivity index (χ1v) is 13.9. The number of halogens is 1. The maximum absolute atomic E-state index is 13.7. The van der Waals surface area contributed by atoms with Crippen LogP contribution < -0.4 is 4.90 Å². The molecule has 1 aliphatic rings. The number of carbonyl (C=O) groups excluding carboxylic acids is 1. The van der Waals surface area contributed by atoms with Crippen LogP contribution in [0.15, 0.2) is 108 Å². The highest BCUT2D eigenvalue weighted by Gasteiger charge is 2.45. The van der Waals surface area contributed by atoms with Crippen molar-refractivity contribution >= 4 is 50.3 Å². The van der Waals surface area contributed by atoms with Crippen molar-refractivity contribution in [1.29, 1.82) is 0 Å². The molecule has 4 aromatic rings. The molecule has 1 N–H and O–H groups in total. The largest absolute Gasteiger partial charge is 0.478 e. The van der Waals surface area contributed by atoms with Crippen molar-refractivity contribution < 1.29 is 23.1 Å². The number of benzene rings is 4. The lowest BCUT2D eigenvalue weighted by atomic mass is 9.98. The fourth-order valence-electron chi connectivity index (χ4n) is 4.43. The molecule has 2 amide bonds. The third kappa shape index (κ3) is 4.72. The summed E-state index contributed by atoms with van der Waals surface area (Å²) in [6, 6.07) is 28.3. The first-order valence-electron chi connectivity index (χ1n) is 11.4. The van der Waals surface area contributed by atoms with Crippen molar-refractivity contribution in [2.75, 3.05) is 11.4 Å². The van der Waals surface area contributed by atoms with E-state index in [-0.39, 0.29) is 17.0 Å². The predicted octanol–water partition coefficient (Wildman–Crippen LogP) is 6.03. The first kappa shape index (κ1) is 25.0. The predicted molar refractivity (Wildman–Crippen MR) is 149 cm³/mol. The van der Waals surface area contributed by atoms with Gasteiger partial charge in [0.25, 0.3) is 10.0 Å². The molecule has 1 fully saturated rings. The minimum absolute atomic E-state index is 0.0698. The lowest BCUT2D eigenvalue weighted by molar-refractivity contribution is 0.0697. The summed E-state index contributed by atoms with van der Waals surface area (Å²) in [4.78, 5) is 26.7. The van der Waals surface area contributed by atoms with E-state index in [1.807, 2.05) is 59.0 Å². The number of aromatic carboxylic acids is 1. The van der Waals surface area contributed by atoms with Gasteiger partial charge in [0.2, 0.25) is 0 Å². The van der Waals surface area contributed by atoms with Gasteiger partial charge in [-0.05, 0) is 81.7 Å². The molecule has 1 aliphatic heterocycles. The number of anilines is 1. The summed E-state index contributed by atoms with van der Waals surface area (Å²) in [5, 5.41) is 9.39. The van der Waals surface area contributed by atoms with E-state index in [1.54, 1.807) is 54.6 Å². The number of para-hydroxylation sites is 1. The first-order chi connectivity index (χ1) is 17.8. The number of amides is 2. The summed E-state index contributed by atoms with van der Waals surface area (Å²) < 4.78 is 28.7. The van der Waals surface area contributed by atoms with E-state index >= 15 is 0 Å². The second-order valence-corrected chi connectivity index (χ2v) is 11.5. The molecule has 186 valence electrons. The number of carboxylic acid groups (broad SMARTS) is 1. The Labute approximate surface area is 228 Å². The molecule has 1 unspecified atom stereocenters. The second kappa shape index (κ2) is 9.98. The normalized spacial score (nSPS) is 15.7. The van der Waals surface area contributed by atoms with E-state index < -0.39 is 28.1 Å². The molecule has 1 heterocycles. The standard InChI is InChI=1S/C28H21IN2O5S/c29-24-14-4-5-15-26(24)37(35,36)30-18-25(31(28(30)34)23-12-2-1-3-13-23)21-10-6-8-19(16-21)20-9-7-11-22(17-20)27(32)33/h1-17,25H,18H2,(H,32,33). The van der Waals surface area contributed by atoms with Gasteiger partial charge in [-0.3, -0.25) is 4.90 Å². The zero-order valence-electron chi connectivity index (χ0n) is 19.4. The van der Waals surface area contributed by atoms with Gasteiger partial charge < -0.3 is 5.11 Å².